The van der Waals surface area contributed by atoms with E-state index in [4.69, 9.17) is 5.10 Å². The summed E-state index contributed by atoms with van der Waals surface area (Å²) in [5.74, 6) is 0. The van der Waals surface area contributed by atoms with E-state index < -0.39 is 0 Å². The van der Waals surface area contributed by atoms with E-state index in [0.29, 0.717) is 11.5 Å². The highest BCUT2D eigenvalue weighted by Crippen LogP contribution is 2.43. The van der Waals surface area contributed by atoms with Gasteiger partial charge in [-0.2, -0.15) is 5.10 Å². The van der Waals surface area contributed by atoms with Crippen LogP contribution < -0.4 is 5.32 Å². The Kier molecular flexibility index (Phi) is 2.74. The van der Waals surface area contributed by atoms with Crippen molar-refractivity contribution >= 4 is 0 Å². The molecule has 1 unspecified atom stereocenters. The Morgan fingerprint density at radius 3 is 2.94 bits per heavy atom. The molecule has 1 atom stereocenters. The molecule has 3 nitrogen and oxygen atoms in total. The van der Waals surface area contributed by atoms with Crippen LogP contribution >= 0.6 is 0 Å². The van der Waals surface area contributed by atoms with Crippen LogP contribution in [0.2, 0.25) is 0 Å². The smallest absolute Gasteiger partial charge is 0.0669 e. The third kappa shape index (κ3) is 2.25. The van der Waals surface area contributed by atoms with Gasteiger partial charge in [-0.25, -0.2) is 0 Å². The molecule has 2 aliphatic rings. The highest BCUT2D eigenvalue weighted by Gasteiger charge is 2.32. The molecule has 1 saturated carbocycles. The Labute approximate surface area is 104 Å². The number of hydrogen-bond acceptors (Lipinski definition) is 2. The van der Waals surface area contributed by atoms with Gasteiger partial charge < -0.3 is 5.32 Å². The lowest BCUT2D eigenvalue weighted by atomic mass is 9.92. The standard InChI is InChI=1S/C14H23N3/c1-14(2)6-3-12(9-14)17-10-11-4-7-15-8-5-13(11)16-17/h10,12,15H,3-9H2,1-2H3. The molecule has 0 aromatic carbocycles. The molecule has 0 amide bonds. The molecule has 2 heterocycles. The molecule has 0 radical (unpaired) electrons. The predicted molar refractivity (Wildman–Crippen MR) is 69.2 cm³/mol. The summed E-state index contributed by atoms with van der Waals surface area (Å²) >= 11 is 0. The molecular formula is C14H23N3. The Morgan fingerprint density at radius 2 is 2.18 bits per heavy atom. The number of nitrogens with zero attached hydrogens (tertiary/aromatic N) is 2. The zero-order valence-electron chi connectivity index (χ0n) is 11.0. The first-order chi connectivity index (χ1) is 8.14. The van der Waals surface area contributed by atoms with Crippen molar-refractivity contribution in [2.24, 2.45) is 5.41 Å². The molecule has 0 spiro atoms. The van der Waals surface area contributed by atoms with Gasteiger partial charge in [0.2, 0.25) is 0 Å². The van der Waals surface area contributed by atoms with Crippen LogP contribution in [0.4, 0.5) is 0 Å². The third-order valence-corrected chi connectivity index (χ3v) is 4.32. The van der Waals surface area contributed by atoms with Crippen LogP contribution in [0.15, 0.2) is 6.20 Å². The first-order valence-electron chi connectivity index (χ1n) is 6.92. The lowest BCUT2D eigenvalue weighted by Crippen LogP contribution is -2.17. The van der Waals surface area contributed by atoms with Crippen molar-refractivity contribution in [3.05, 3.63) is 17.5 Å². The van der Waals surface area contributed by atoms with Crippen molar-refractivity contribution in [3.8, 4) is 0 Å². The van der Waals surface area contributed by atoms with Gasteiger partial charge >= 0.3 is 0 Å². The molecule has 17 heavy (non-hydrogen) atoms. The number of aromatic nitrogens is 2. The van der Waals surface area contributed by atoms with Crippen molar-refractivity contribution in [1.82, 2.24) is 15.1 Å². The fraction of sp³-hybridized carbons (Fsp3) is 0.786. The number of fused-ring (bicyclic) bond motifs is 1. The minimum atomic E-state index is 0.509. The first-order valence-corrected chi connectivity index (χ1v) is 6.92. The summed E-state index contributed by atoms with van der Waals surface area (Å²) in [6.07, 6.45) is 8.47. The van der Waals surface area contributed by atoms with Crippen molar-refractivity contribution in [2.45, 2.75) is 52.0 Å². The Balaban J connectivity index is 1.81. The zero-order valence-corrected chi connectivity index (χ0v) is 11.0. The molecule has 0 saturated heterocycles. The molecule has 1 aromatic heterocycles. The fourth-order valence-electron chi connectivity index (χ4n) is 3.25. The molecule has 0 bridgehead atoms. The Hall–Kier alpha value is -0.830. The summed E-state index contributed by atoms with van der Waals surface area (Å²) in [7, 11) is 0. The quantitative estimate of drug-likeness (QED) is 0.807. The maximum absolute atomic E-state index is 4.84. The molecule has 94 valence electrons. The topological polar surface area (TPSA) is 29.9 Å². The van der Waals surface area contributed by atoms with Gasteiger partial charge in [-0.05, 0) is 43.2 Å². The van der Waals surface area contributed by atoms with Crippen molar-refractivity contribution in [3.63, 3.8) is 0 Å². The largest absolute Gasteiger partial charge is 0.316 e. The van der Waals surface area contributed by atoms with Crippen LogP contribution in [-0.4, -0.2) is 22.9 Å². The Morgan fingerprint density at radius 1 is 1.35 bits per heavy atom. The van der Waals surface area contributed by atoms with Gasteiger partial charge in [0.25, 0.3) is 0 Å². The van der Waals surface area contributed by atoms with Gasteiger partial charge in [0.1, 0.15) is 0 Å². The summed E-state index contributed by atoms with van der Waals surface area (Å²) in [6, 6.07) is 0.643. The maximum atomic E-state index is 4.84. The van der Waals surface area contributed by atoms with Gasteiger partial charge in [-0.15, -0.1) is 0 Å². The molecule has 1 aromatic rings. The van der Waals surface area contributed by atoms with Crippen molar-refractivity contribution < 1.29 is 0 Å². The highest BCUT2D eigenvalue weighted by atomic mass is 15.3. The monoisotopic (exact) mass is 233 g/mol. The zero-order chi connectivity index (χ0) is 11.9. The van der Waals surface area contributed by atoms with Gasteiger partial charge in [0, 0.05) is 19.2 Å². The number of hydrogen-bond donors (Lipinski definition) is 1. The Bertz CT molecular complexity index is 382. The van der Waals surface area contributed by atoms with Crippen molar-refractivity contribution in [1.29, 1.82) is 0 Å². The molecule has 3 heteroatoms. The SMILES string of the molecule is CC1(C)CCC(n2cc3c(n2)CCNCC3)C1. The lowest BCUT2D eigenvalue weighted by Gasteiger charge is -2.17. The van der Waals surface area contributed by atoms with E-state index in [0.717, 1.165) is 25.9 Å². The summed E-state index contributed by atoms with van der Waals surface area (Å²) in [6.45, 7) is 6.95. The summed E-state index contributed by atoms with van der Waals surface area (Å²) in [4.78, 5) is 0. The van der Waals surface area contributed by atoms with E-state index in [2.05, 4.69) is 30.0 Å². The van der Waals surface area contributed by atoms with E-state index in [1.54, 1.807) is 0 Å². The van der Waals surface area contributed by atoms with Crippen LogP contribution in [0.1, 0.15) is 50.4 Å². The third-order valence-electron chi connectivity index (χ3n) is 4.32. The molecular weight excluding hydrogens is 210 g/mol. The molecule has 3 rings (SSSR count). The first kappa shape index (κ1) is 11.3. The number of rotatable bonds is 1. The van der Waals surface area contributed by atoms with E-state index in [1.807, 2.05) is 0 Å². The second-order valence-corrected chi connectivity index (χ2v) is 6.39. The minimum absolute atomic E-state index is 0.509. The lowest BCUT2D eigenvalue weighted by molar-refractivity contribution is 0.349. The summed E-state index contributed by atoms with van der Waals surface area (Å²) in [5.41, 5.74) is 3.31. The summed E-state index contributed by atoms with van der Waals surface area (Å²) < 4.78 is 2.27. The van der Waals surface area contributed by atoms with Crippen LogP contribution in [0.3, 0.4) is 0 Å². The summed E-state index contributed by atoms with van der Waals surface area (Å²) in [5, 5.41) is 8.27. The predicted octanol–water partition coefficient (Wildman–Crippen LogP) is 2.32. The van der Waals surface area contributed by atoms with Gasteiger partial charge in [-0.3, -0.25) is 4.68 Å². The van der Waals surface area contributed by atoms with Crippen molar-refractivity contribution in [2.75, 3.05) is 13.1 Å². The maximum Gasteiger partial charge on any atom is 0.0669 e. The molecule has 1 aliphatic carbocycles. The van der Waals surface area contributed by atoms with E-state index in [-0.39, 0.29) is 0 Å². The van der Waals surface area contributed by atoms with Gasteiger partial charge in [-0.1, -0.05) is 13.8 Å². The van der Waals surface area contributed by atoms with E-state index in [1.165, 1.54) is 30.5 Å². The highest BCUT2D eigenvalue weighted by molar-refractivity contribution is 5.20. The van der Waals surface area contributed by atoms with E-state index in [9.17, 15) is 0 Å². The van der Waals surface area contributed by atoms with Crippen LogP contribution in [-0.2, 0) is 12.8 Å². The van der Waals surface area contributed by atoms with Gasteiger partial charge in [0.05, 0.1) is 11.7 Å². The average Bonchev–Trinajstić information content (AvgIpc) is 2.76. The molecule has 1 fully saturated rings. The van der Waals surface area contributed by atoms with Crippen LogP contribution in [0.25, 0.3) is 0 Å². The second-order valence-electron chi connectivity index (χ2n) is 6.39. The minimum Gasteiger partial charge on any atom is -0.316 e. The van der Waals surface area contributed by atoms with Gasteiger partial charge in [0.15, 0.2) is 0 Å². The van der Waals surface area contributed by atoms with E-state index >= 15 is 0 Å². The number of nitrogens with one attached hydrogen (secondary N) is 1. The van der Waals surface area contributed by atoms with Crippen LogP contribution in [0, 0.1) is 5.41 Å². The fourth-order valence-corrected chi connectivity index (χ4v) is 3.25. The molecule has 1 aliphatic heterocycles. The second kappa shape index (κ2) is 4.13. The average molecular weight is 233 g/mol. The molecule has 1 N–H and O–H groups in total. The normalized spacial score (nSPS) is 27.8. The van der Waals surface area contributed by atoms with Crippen LogP contribution in [0.5, 0.6) is 0 Å².